The lowest BCUT2D eigenvalue weighted by Gasteiger charge is -2.33. The standard InChI is InChI=1S/C26H45N5O5/c1-2-35-24(33)22(31-26(34)36-21-9-4-3-5-10-21)15-17-11-13-19(14-12-17)29-23(32)18-7-6-8-20(16-18)30-25(27)28/h17-22H,2-16H2,1H3,(H,29,32)(H,31,34)(H4,27,28,30). The smallest absolute Gasteiger partial charge is 0.408 e. The predicted octanol–water partition coefficient (Wildman–Crippen LogP) is 2.87. The van der Waals surface area contributed by atoms with E-state index in [1.807, 2.05) is 0 Å². The molecule has 0 aromatic carbocycles. The topological polar surface area (TPSA) is 158 Å². The van der Waals surface area contributed by atoms with Crippen LogP contribution in [0.15, 0.2) is 4.99 Å². The molecule has 0 spiro atoms. The molecule has 0 bridgehead atoms. The molecule has 3 aliphatic rings. The van der Waals surface area contributed by atoms with E-state index in [9.17, 15) is 14.4 Å². The predicted molar refractivity (Wildman–Crippen MR) is 137 cm³/mol. The quantitative estimate of drug-likeness (QED) is 0.212. The minimum Gasteiger partial charge on any atom is -0.464 e. The first-order valence-corrected chi connectivity index (χ1v) is 13.9. The van der Waals surface area contributed by atoms with Crippen LogP contribution in [0.25, 0.3) is 0 Å². The zero-order valence-corrected chi connectivity index (χ0v) is 21.7. The van der Waals surface area contributed by atoms with E-state index in [2.05, 4.69) is 15.6 Å². The van der Waals surface area contributed by atoms with Crippen LogP contribution in [0.5, 0.6) is 0 Å². The molecule has 3 rings (SSSR count). The molecule has 0 aromatic rings. The molecular formula is C26H45N5O5. The number of alkyl carbamates (subject to hydrolysis) is 1. The number of esters is 1. The fourth-order valence-electron chi connectivity index (χ4n) is 5.89. The summed E-state index contributed by atoms with van der Waals surface area (Å²) in [6.45, 7) is 2.02. The van der Waals surface area contributed by atoms with E-state index in [4.69, 9.17) is 20.9 Å². The Bertz CT molecular complexity index is 758. The van der Waals surface area contributed by atoms with Gasteiger partial charge in [-0.15, -0.1) is 0 Å². The number of nitrogens with zero attached hydrogens (tertiary/aromatic N) is 1. The van der Waals surface area contributed by atoms with Crippen molar-refractivity contribution in [3.05, 3.63) is 0 Å². The number of hydrogen-bond acceptors (Lipinski definition) is 6. The second kappa shape index (κ2) is 14.3. The summed E-state index contributed by atoms with van der Waals surface area (Å²) in [6, 6.07) is -0.568. The summed E-state index contributed by atoms with van der Waals surface area (Å²) in [5.41, 5.74) is 11.0. The molecule has 0 aromatic heterocycles. The van der Waals surface area contributed by atoms with E-state index >= 15 is 0 Å². The number of aliphatic imine (C=N–C) groups is 1. The molecule has 3 saturated carbocycles. The average molecular weight is 508 g/mol. The summed E-state index contributed by atoms with van der Waals surface area (Å²) in [7, 11) is 0. The SMILES string of the molecule is CCOC(=O)C(CC1CCC(NC(=O)C2CCCC(N=C(N)N)C2)CC1)NC(=O)OC1CCCCC1. The Labute approximate surface area is 214 Å². The van der Waals surface area contributed by atoms with Crippen LogP contribution in [-0.4, -0.2) is 54.8 Å². The lowest BCUT2D eigenvalue weighted by atomic mass is 9.81. The van der Waals surface area contributed by atoms with Gasteiger partial charge in [0.2, 0.25) is 5.91 Å². The number of nitrogens with two attached hydrogens (primary N) is 2. The Kier molecular flexibility index (Phi) is 11.1. The summed E-state index contributed by atoms with van der Waals surface area (Å²) in [5.74, 6) is -0.0375. The van der Waals surface area contributed by atoms with Crippen LogP contribution in [0, 0.1) is 11.8 Å². The number of amides is 2. The van der Waals surface area contributed by atoms with E-state index < -0.39 is 18.1 Å². The van der Waals surface area contributed by atoms with Crippen molar-refractivity contribution in [2.75, 3.05) is 6.61 Å². The molecule has 3 unspecified atom stereocenters. The minimum absolute atomic E-state index is 0.0207. The van der Waals surface area contributed by atoms with Crippen molar-refractivity contribution in [1.82, 2.24) is 10.6 Å². The first-order chi connectivity index (χ1) is 17.3. The number of carbonyl (C=O) groups is 3. The van der Waals surface area contributed by atoms with Gasteiger partial charge in [0.05, 0.1) is 12.6 Å². The third-order valence-corrected chi connectivity index (χ3v) is 7.80. The molecule has 10 nitrogen and oxygen atoms in total. The number of guanidine groups is 1. The number of nitrogens with one attached hydrogen (secondary N) is 2. The van der Waals surface area contributed by atoms with Crippen molar-refractivity contribution < 1.29 is 23.9 Å². The highest BCUT2D eigenvalue weighted by atomic mass is 16.6. The third kappa shape index (κ3) is 9.17. The Hall–Kier alpha value is -2.52. The highest BCUT2D eigenvalue weighted by Crippen LogP contribution is 2.30. The van der Waals surface area contributed by atoms with Crippen LogP contribution in [0.1, 0.15) is 96.8 Å². The normalized spacial score (nSPS) is 27.8. The van der Waals surface area contributed by atoms with Crippen LogP contribution >= 0.6 is 0 Å². The number of rotatable bonds is 9. The van der Waals surface area contributed by atoms with Gasteiger partial charge in [0, 0.05) is 12.0 Å². The molecular weight excluding hydrogens is 462 g/mol. The summed E-state index contributed by atoms with van der Waals surface area (Å²) in [4.78, 5) is 42.1. The lowest BCUT2D eigenvalue weighted by molar-refractivity contribution is -0.146. The third-order valence-electron chi connectivity index (χ3n) is 7.80. The van der Waals surface area contributed by atoms with Gasteiger partial charge in [-0.05, 0) is 89.9 Å². The molecule has 6 N–H and O–H groups in total. The van der Waals surface area contributed by atoms with Gasteiger partial charge in [0.15, 0.2) is 5.96 Å². The molecule has 0 radical (unpaired) electrons. The van der Waals surface area contributed by atoms with Gasteiger partial charge in [-0.25, -0.2) is 9.59 Å². The largest absolute Gasteiger partial charge is 0.464 e. The maximum atomic E-state index is 12.9. The first-order valence-electron chi connectivity index (χ1n) is 13.9. The van der Waals surface area contributed by atoms with Crippen molar-refractivity contribution in [3.63, 3.8) is 0 Å². The number of ether oxygens (including phenoxy) is 2. The van der Waals surface area contributed by atoms with Crippen LogP contribution in [0.2, 0.25) is 0 Å². The van der Waals surface area contributed by atoms with E-state index in [-0.39, 0.29) is 48.5 Å². The van der Waals surface area contributed by atoms with Crippen molar-refractivity contribution in [1.29, 1.82) is 0 Å². The summed E-state index contributed by atoms with van der Waals surface area (Å²) in [6.07, 6.45) is 11.8. The van der Waals surface area contributed by atoms with Crippen LogP contribution in [0.3, 0.4) is 0 Å². The Morgan fingerprint density at radius 3 is 2.33 bits per heavy atom. The van der Waals surface area contributed by atoms with Crippen molar-refractivity contribution in [2.24, 2.45) is 28.3 Å². The Morgan fingerprint density at radius 2 is 1.67 bits per heavy atom. The van der Waals surface area contributed by atoms with Crippen LogP contribution < -0.4 is 22.1 Å². The Morgan fingerprint density at radius 1 is 0.944 bits per heavy atom. The maximum Gasteiger partial charge on any atom is 0.408 e. The molecule has 2 amide bonds. The second-order valence-corrected chi connectivity index (χ2v) is 10.6. The fraction of sp³-hybridized carbons (Fsp3) is 0.846. The zero-order chi connectivity index (χ0) is 25.9. The molecule has 3 fully saturated rings. The molecule has 36 heavy (non-hydrogen) atoms. The second-order valence-electron chi connectivity index (χ2n) is 10.6. The van der Waals surface area contributed by atoms with Gasteiger partial charge in [0.1, 0.15) is 12.1 Å². The van der Waals surface area contributed by atoms with Crippen LogP contribution in [-0.2, 0) is 19.1 Å². The van der Waals surface area contributed by atoms with E-state index in [1.165, 1.54) is 6.42 Å². The lowest BCUT2D eigenvalue weighted by Crippen LogP contribution is -2.46. The highest BCUT2D eigenvalue weighted by molar-refractivity contribution is 5.81. The molecule has 0 aliphatic heterocycles. The number of hydrogen-bond donors (Lipinski definition) is 4. The summed E-state index contributed by atoms with van der Waals surface area (Å²) < 4.78 is 10.8. The Balaban J connectivity index is 1.44. The van der Waals surface area contributed by atoms with Crippen molar-refractivity contribution in [3.8, 4) is 0 Å². The van der Waals surface area contributed by atoms with Crippen LogP contribution in [0.4, 0.5) is 4.79 Å². The highest BCUT2D eigenvalue weighted by Gasteiger charge is 2.32. The maximum absolute atomic E-state index is 12.9. The fourth-order valence-corrected chi connectivity index (χ4v) is 5.89. The van der Waals surface area contributed by atoms with Crippen molar-refractivity contribution in [2.45, 2.75) is 121 Å². The monoisotopic (exact) mass is 507 g/mol. The van der Waals surface area contributed by atoms with Gasteiger partial charge >= 0.3 is 12.1 Å². The molecule has 0 saturated heterocycles. The molecule has 0 heterocycles. The summed E-state index contributed by atoms with van der Waals surface area (Å²) in [5, 5.41) is 5.99. The van der Waals surface area contributed by atoms with Crippen molar-refractivity contribution >= 4 is 23.9 Å². The van der Waals surface area contributed by atoms with Gasteiger partial charge in [-0.2, -0.15) is 0 Å². The first kappa shape index (κ1) is 28.1. The van der Waals surface area contributed by atoms with E-state index in [0.29, 0.717) is 12.8 Å². The zero-order valence-electron chi connectivity index (χ0n) is 21.7. The number of carbonyl (C=O) groups excluding carboxylic acids is 3. The van der Waals surface area contributed by atoms with E-state index in [1.54, 1.807) is 6.92 Å². The minimum atomic E-state index is -0.716. The van der Waals surface area contributed by atoms with Gasteiger partial charge in [-0.1, -0.05) is 12.8 Å². The van der Waals surface area contributed by atoms with Gasteiger partial charge < -0.3 is 31.6 Å². The molecule has 3 atom stereocenters. The molecule has 10 heteroatoms. The van der Waals surface area contributed by atoms with Gasteiger partial charge in [0.25, 0.3) is 0 Å². The molecule has 204 valence electrons. The summed E-state index contributed by atoms with van der Waals surface area (Å²) >= 11 is 0. The average Bonchev–Trinajstić information content (AvgIpc) is 2.85. The van der Waals surface area contributed by atoms with E-state index in [0.717, 1.165) is 70.6 Å². The van der Waals surface area contributed by atoms with Gasteiger partial charge in [-0.3, -0.25) is 9.79 Å². The molecule has 3 aliphatic carbocycles.